The topological polar surface area (TPSA) is 49.3 Å². The molecule has 3 heteroatoms. The predicted molar refractivity (Wildman–Crippen MR) is 56.3 cm³/mol. The summed E-state index contributed by atoms with van der Waals surface area (Å²) in [5.74, 6) is 0.0519. The normalized spacial score (nSPS) is 18.7. The monoisotopic (exact) mass is 199 g/mol. The molecule has 0 aliphatic heterocycles. The Hall–Kier alpha value is -0.570. The molecule has 0 amide bonds. The highest BCUT2D eigenvalue weighted by Crippen LogP contribution is 2.27. The third-order valence-corrected chi connectivity index (χ3v) is 3.13. The summed E-state index contributed by atoms with van der Waals surface area (Å²) in [4.78, 5) is 10.8. The summed E-state index contributed by atoms with van der Waals surface area (Å²) in [5.41, 5.74) is -0.779. The minimum atomic E-state index is -0.779. The summed E-state index contributed by atoms with van der Waals surface area (Å²) in [6.07, 6.45) is 6.49. The van der Waals surface area contributed by atoms with Crippen molar-refractivity contribution in [3.63, 3.8) is 0 Å². The van der Waals surface area contributed by atoms with E-state index in [1.807, 2.05) is 0 Å². The van der Waals surface area contributed by atoms with Crippen LogP contribution in [0.2, 0.25) is 0 Å². The molecule has 1 fully saturated rings. The van der Waals surface area contributed by atoms with Gasteiger partial charge in [-0.15, -0.1) is 0 Å². The second-order valence-corrected chi connectivity index (χ2v) is 4.80. The lowest BCUT2D eigenvalue weighted by molar-refractivity contribution is -0.143. The highest BCUT2D eigenvalue weighted by Gasteiger charge is 2.26. The van der Waals surface area contributed by atoms with Gasteiger partial charge in [0.05, 0.1) is 0 Å². The van der Waals surface area contributed by atoms with Gasteiger partial charge in [-0.1, -0.05) is 25.7 Å². The maximum Gasteiger partial charge on any atom is 0.323 e. The fourth-order valence-corrected chi connectivity index (χ4v) is 1.96. The zero-order valence-electron chi connectivity index (χ0n) is 9.18. The molecule has 2 N–H and O–H groups in total. The van der Waals surface area contributed by atoms with Crippen LogP contribution in [0.3, 0.4) is 0 Å². The fourth-order valence-electron chi connectivity index (χ4n) is 1.96. The number of hydrogen-bond acceptors (Lipinski definition) is 2. The highest BCUT2D eigenvalue weighted by atomic mass is 16.4. The van der Waals surface area contributed by atoms with E-state index in [1.165, 1.54) is 25.7 Å². The molecule has 0 saturated heterocycles. The first kappa shape index (κ1) is 11.5. The largest absolute Gasteiger partial charge is 0.480 e. The minimum Gasteiger partial charge on any atom is -0.480 e. The number of carboxylic acids is 1. The third-order valence-electron chi connectivity index (χ3n) is 3.13. The van der Waals surface area contributed by atoms with Crippen molar-refractivity contribution in [2.75, 3.05) is 6.54 Å². The molecule has 1 aliphatic carbocycles. The molecule has 0 aromatic rings. The lowest BCUT2D eigenvalue weighted by Crippen LogP contribution is -2.47. The Balaban J connectivity index is 2.16. The summed E-state index contributed by atoms with van der Waals surface area (Å²) in [6.45, 7) is 4.25. The Morgan fingerprint density at radius 3 is 2.50 bits per heavy atom. The predicted octanol–water partition coefficient (Wildman–Crippen LogP) is 2.02. The maximum absolute atomic E-state index is 10.8. The van der Waals surface area contributed by atoms with Crippen LogP contribution in [0.5, 0.6) is 0 Å². The van der Waals surface area contributed by atoms with Crippen molar-refractivity contribution >= 4 is 5.97 Å². The molecule has 0 atom stereocenters. The van der Waals surface area contributed by atoms with E-state index >= 15 is 0 Å². The second kappa shape index (κ2) is 4.78. The van der Waals surface area contributed by atoms with E-state index in [2.05, 4.69) is 5.32 Å². The average molecular weight is 199 g/mol. The van der Waals surface area contributed by atoms with E-state index in [4.69, 9.17) is 5.11 Å². The van der Waals surface area contributed by atoms with Crippen molar-refractivity contribution in [2.24, 2.45) is 5.92 Å². The van der Waals surface area contributed by atoms with Crippen LogP contribution in [-0.4, -0.2) is 23.2 Å². The summed E-state index contributed by atoms with van der Waals surface area (Å²) in [7, 11) is 0. The molecule has 0 aromatic carbocycles. The van der Waals surface area contributed by atoms with Crippen LogP contribution < -0.4 is 5.32 Å². The number of nitrogens with one attached hydrogen (secondary N) is 1. The molecule has 3 nitrogen and oxygen atoms in total. The first-order valence-electron chi connectivity index (χ1n) is 5.51. The number of hydrogen-bond donors (Lipinski definition) is 2. The molecule has 0 spiro atoms. The van der Waals surface area contributed by atoms with Gasteiger partial charge in [0.2, 0.25) is 0 Å². The molecular formula is C11H21NO2. The van der Waals surface area contributed by atoms with Crippen LogP contribution in [0.15, 0.2) is 0 Å². The van der Waals surface area contributed by atoms with Crippen molar-refractivity contribution in [2.45, 2.75) is 51.5 Å². The Bertz CT molecular complexity index is 195. The molecule has 0 radical (unpaired) electrons. The van der Waals surface area contributed by atoms with Gasteiger partial charge in [0.25, 0.3) is 0 Å². The van der Waals surface area contributed by atoms with Crippen LogP contribution in [0, 0.1) is 5.92 Å². The fraction of sp³-hybridized carbons (Fsp3) is 0.909. The first-order valence-corrected chi connectivity index (χ1v) is 5.51. The SMILES string of the molecule is CC(C)(NCCC1CCCC1)C(=O)O. The second-order valence-electron chi connectivity index (χ2n) is 4.80. The van der Waals surface area contributed by atoms with Gasteiger partial charge < -0.3 is 10.4 Å². The Morgan fingerprint density at radius 2 is 2.00 bits per heavy atom. The quantitative estimate of drug-likeness (QED) is 0.712. The van der Waals surface area contributed by atoms with Crippen molar-refractivity contribution in [1.82, 2.24) is 5.32 Å². The van der Waals surface area contributed by atoms with Crippen LogP contribution in [0.1, 0.15) is 46.0 Å². The minimum absolute atomic E-state index is 0.774. The van der Waals surface area contributed by atoms with E-state index < -0.39 is 11.5 Å². The number of aliphatic carboxylic acids is 1. The number of rotatable bonds is 5. The van der Waals surface area contributed by atoms with Gasteiger partial charge in [-0.05, 0) is 32.7 Å². The van der Waals surface area contributed by atoms with Gasteiger partial charge in [0, 0.05) is 0 Å². The molecule has 1 aliphatic rings. The molecule has 1 rings (SSSR count). The standard InChI is InChI=1S/C11H21NO2/c1-11(2,10(13)14)12-8-7-9-5-3-4-6-9/h9,12H,3-8H2,1-2H3,(H,13,14). The third kappa shape index (κ3) is 3.29. The van der Waals surface area contributed by atoms with Gasteiger partial charge in [-0.2, -0.15) is 0 Å². The van der Waals surface area contributed by atoms with Crippen LogP contribution in [-0.2, 0) is 4.79 Å². The molecule has 0 heterocycles. The lowest BCUT2D eigenvalue weighted by atomic mass is 10.0. The molecule has 0 bridgehead atoms. The molecule has 0 unspecified atom stereocenters. The van der Waals surface area contributed by atoms with Crippen molar-refractivity contribution in [1.29, 1.82) is 0 Å². The van der Waals surface area contributed by atoms with E-state index in [0.29, 0.717) is 0 Å². The van der Waals surface area contributed by atoms with Crippen molar-refractivity contribution < 1.29 is 9.90 Å². The molecular weight excluding hydrogens is 178 g/mol. The van der Waals surface area contributed by atoms with Crippen LogP contribution in [0.4, 0.5) is 0 Å². The number of carboxylic acid groups (broad SMARTS) is 1. The van der Waals surface area contributed by atoms with Gasteiger partial charge in [-0.3, -0.25) is 4.79 Å². The summed E-state index contributed by atoms with van der Waals surface area (Å²) in [6, 6.07) is 0. The zero-order chi connectivity index (χ0) is 10.6. The molecule has 82 valence electrons. The summed E-state index contributed by atoms with van der Waals surface area (Å²) < 4.78 is 0. The maximum atomic E-state index is 10.8. The van der Waals surface area contributed by atoms with E-state index in [9.17, 15) is 4.79 Å². The van der Waals surface area contributed by atoms with Gasteiger partial charge >= 0.3 is 5.97 Å². The lowest BCUT2D eigenvalue weighted by Gasteiger charge is -2.22. The van der Waals surface area contributed by atoms with Crippen molar-refractivity contribution in [3.05, 3.63) is 0 Å². The highest BCUT2D eigenvalue weighted by molar-refractivity contribution is 5.77. The Morgan fingerprint density at radius 1 is 1.43 bits per heavy atom. The first-order chi connectivity index (χ1) is 6.52. The van der Waals surface area contributed by atoms with Crippen LogP contribution in [0.25, 0.3) is 0 Å². The summed E-state index contributed by atoms with van der Waals surface area (Å²) in [5, 5.41) is 12.0. The van der Waals surface area contributed by atoms with E-state index in [1.54, 1.807) is 13.8 Å². The van der Waals surface area contributed by atoms with Crippen LogP contribution >= 0.6 is 0 Å². The van der Waals surface area contributed by atoms with Gasteiger partial charge in [0.15, 0.2) is 0 Å². The van der Waals surface area contributed by atoms with Gasteiger partial charge in [-0.25, -0.2) is 0 Å². The molecule has 0 aromatic heterocycles. The van der Waals surface area contributed by atoms with E-state index in [-0.39, 0.29) is 0 Å². The Labute approximate surface area is 85.9 Å². The average Bonchev–Trinajstić information content (AvgIpc) is 2.56. The van der Waals surface area contributed by atoms with Gasteiger partial charge in [0.1, 0.15) is 5.54 Å². The zero-order valence-corrected chi connectivity index (χ0v) is 9.18. The number of carbonyl (C=O) groups is 1. The molecule has 14 heavy (non-hydrogen) atoms. The van der Waals surface area contributed by atoms with Crippen molar-refractivity contribution in [3.8, 4) is 0 Å². The smallest absolute Gasteiger partial charge is 0.323 e. The van der Waals surface area contributed by atoms with E-state index in [0.717, 1.165) is 18.9 Å². The molecule has 1 saturated carbocycles. The summed E-state index contributed by atoms with van der Waals surface area (Å²) >= 11 is 0. The Kier molecular flexibility index (Phi) is 3.93.